The third-order valence-electron chi connectivity index (χ3n) is 5.28. The molecule has 0 aromatic carbocycles. The van der Waals surface area contributed by atoms with Gasteiger partial charge >= 0.3 is 0 Å². The summed E-state index contributed by atoms with van der Waals surface area (Å²) in [6.07, 6.45) is 5.01. The molecule has 2 N–H and O–H groups in total. The molecule has 2 fully saturated rings. The molecular weight excluding hydrogens is 250 g/mol. The largest absolute Gasteiger partial charge is 0.341 e. The maximum Gasteiger partial charge on any atom is 0.239 e. The van der Waals surface area contributed by atoms with Crippen molar-refractivity contribution in [2.24, 2.45) is 23.5 Å². The molecule has 0 aromatic heterocycles. The summed E-state index contributed by atoms with van der Waals surface area (Å²) in [4.78, 5) is 16.7. The lowest BCUT2D eigenvalue weighted by Gasteiger charge is -2.40. The van der Waals surface area contributed by atoms with Crippen LogP contribution in [-0.2, 0) is 4.79 Å². The second kappa shape index (κ2) is 6.90. The molecule has 0 unspecified atom stereocenters. The summed E-state index contributed by atoms with van der Waals surface area (Å²) in [5.41, 5.74) is 5.99. The number of hydrogen-bond acceptors (Lipinski definition) is 3. The van der Waals surface area contributed by atoms with E-state index in [-0.39, 0.29) is 17.9 Å². The Balaban J connectivity index is 1.79. The first-order valence-corrected chi connectivity index (χ1v) is 8.22. The minimum atomic E-state index is -0.324. The normalized spacial score (nSPS) is 25.1. The molecule has 2 saturated heterocycles. The summed E-state index contributed by atoms with van der Waals surface area (Å²) in [5.74, 6) is 2.08. The zero-order chi connectivity index (χ0) is 14.7. The molecule has 1 atom stereocenters. The molecule has 0 spiro atoms. The van der Waals surface area contributed by atoms with Gasteiger partial charge in [0.25, 0.3) is 0 Å². The average molecular weight is 281 g/mol. The van der Waals surface area contributed by atoms with E-state index in [0.29, 0.717) is 0 Å². The molecule has 1 amide bonds. The number of rotatable bonds is 3. The predicted octanol–water partition coefficient (Wildman–Crippen LogP) is 1.55. The number of carbonyl (C=O) groups is 1. The molecular formula is C16H31N3O. The quantitative estimate of drug-likeness (QED) is 0.854. The molecule has 116 valence electrons. The standard InChI is InChI=1S/C16H31N3O/c1-12(2)15(17)16(20)19-10-6-14(7-11-19)13-4-8-18(3)9-5-13/h12-15H,4-11,17H2,1-3H3/t15-/m0/s1. The Hall–Kier alpha value is -0.610. The number of nitrogens with zero attached hydrogens (tertiary/aromatic N) is 2. The highest BCUT2D eigenvalue weighted by atomic mass is 16.2. The van der Waals surface area contributed by atoms with Crippen LogP contribution in [0.3, 0.4) is 0 Å². The number of hydrogen-bond donors (Lipinski definition) is 1. The van der Waals surface area contributed by atoms with Crippen LogP contribution in [0.25, 0.3) is 0 Å². The van der Waals surface area contributed by atoms with E-state index in [1.54, 1.807) is 0 Å². The summed E-state index contributed by atoms with van der Waals surface area (Å²) in [6.45, 7) is 8.35. The van der Waals surface area contributed by atoms with Crippen LogP contribution in [0.2, 0.25) is 0 Å². The third-order valence-corrected chi connectivity index (χ3v) is 5.28. The van der Waals surface area contributed by atoms with E-state index in [1.165, 1.54) is 38.8 Å². The lowest BCUT2D eigenvalue weighted by molar-refractivity contribution is -0.135. The van der Waals surface area contributed by atoms with E-state index in [1.807, 2.05) is 18.7 Å². The SMILES string of the molecule is CC(C)[C@H](N)C(=O)N1CCC(C2CCN(C)CC2)CC1. The molecule has 4 heteroatoms. The van der Waals surface area contributed by atoms with Gasteiger partial charge < -0.3 is 15.5 Å². The highest BCUT2D eigenvalue weighted by Gasteiger charge is 2.32. The summed E-state index contributed by atoms with van der Waals surface area (Å²) < 4.78 is 0. The Morgan fingerprint density at radius 1 is 1.00 bits per heavy atom. The van der Waals surface area contributed by atoms with Crippen LogP contribution in [0.1, 0.15) is 39.5 Å². The zero-order valence-electron chi connectivity index (χ0n) is 13.3. The second-order valence-corrected chi connectivity index (χ2v) is 7.07. The first kappa shape index (κ1) is 15.8. The molecule has 0 saturated carbocycles. The molecule has 2 aliphatic rings. The highest BCUT2D eigenvalue weighted by Crippen LogP contribution is 2.32. The lowest BCUT2D eigenvalue weighted by Crippen LogP contribution is -2.50. The zero-order valence-corrected chi connectivity index (χ0v) is 13.3. The first-order chi connectivity index (χ1) is 9.49. The molecule has 0 aliphatic carbocycles. The maximum absolute atomic E-state index is 12.3. The van der Waals surface area contributed by atoms with Crippen molar-refractivity contribution in [3.63, 3.8) is 0 Å². The van der Waals surface area contributed by atoms with Gasteiger partial charge in [0.2, 0.25) is 5.91 Å². The summed E-state index contributed by atoms with van der Waals surface area (Å²) in [6, 6.07) is -0.324. The van der Waals surface area contributed by atoms with Crippen molar-refractivity contribution in [1.29, 1.82) is 0 Å². The summed E-state index contributed by atoms with van der Waals surface area (Å²) in [7, 11) is 2.21. The summed E-state index contributed by atoms with van der Waals surface area (Å²) >= 11 is 0. The number of piperidine rings is 2. The second-order valence-electron chi connectivity index (χ2n) is 7.07. The van der Waals surface area contributed by atoms with E-state index >= 15 is 0 Å². The smallest absolute Gasteiger partial charge is 0.239 e. The van der Waals surface area contributed by atoms with E-state index < -0.39 is 0 Å². The Bertz CT molecular complexity index is 316. The molecule has 0 radical (unpaired) electrons. The van der Waals surface area contributed by atoms with Crippen LogP contribution in [0.5, 0.6) is 0 Å². The Kier molecular flexibility index (Phi) is 5.44. The Morgan fingerprint density at radius 3 is 1.90 bits per heavy atom. The fourth-order valence-corrected chi connectivity index (χ4v) is 3.59. The fourth-order valence-electron chi connectivity index (χ4n) is 3.59. The minimum Gasteiger partial charge on any atom is -0.341 e. The number of nitrogens with two attached hydrogens (primary N) is 1. The lowest BCUT2D eigenvalue weighted by atomic mass is 9.79. The van der Waals surface area contributed by atoms with Crippen LogP contribution < -0.4 is 5.73 Å². The van der Waals surface area contributed by atoms with Gasteiger partial charge in [-0.2, -0.15) is 0 Å². The predicted molar refractivity (Wildman–Crippen MR) is 82.3 cm³/mol. The van der Waals surface area contributed by atoms with Crippen LogP contribution in [-0.4, -0.2) is 55.0 Å². The van der Waals surface area contributed by atoms with Gasteiger partial charge in [-0.15, -0.1) is 0 Å². The molecule has 0 bridgehead atoms. The first-order valence-electron chi connectivity index (χ1n) is 8.22. The van der Waals surface area contributed by atoms with Crippen molar-refractivity contribution in [3.8, 4) is 0 Å². The minimum absolute atomic E-state index is 0.154. The number of amides is 1. The number of likely N-dealkylation sites (tertiary alicyclic amines) is 2. The van der Waals surface area contributed by atoms with Crippen LogP contribution in [0, 0.1) is 17.8 Å². The van der Waals surface area contributed by atoms with Gasteiger partial charge in [-0.05, 0) is 63.6 Å². The van der Waals surface area contributed by atoms with Gasteiger partial charge in [0.15, 0.2) is 0 Å². The molecule has 4 nitrogen and oxygen atoms in total. The van der Waals surface area contributed by atoms with E-state index in [2.05, 4.69) is 11.9 Å². The molecule has 2 rings (SSSR count). The molecule has 0 aromatic rings. The van der Waals surface area contributed by atoms with Crippen molar-refractivity contribution >= 4 is 5.91 Å². The van der Waals surface area contributed by atoms with Crippen LogP contribution in [0.15, 0.2) is 0 Å². The van der Waals surface area contributed by atoms with E-state index in [0.717, 1.165) is 24.9 Å². The summed E-state index contributed by atoms with van der Waals surface area (Å²) in [5, 5.41) is 0. The van der Waals surface area contributed by atoms with Gasteiger partial charge in [-0.1, -0.05) is 13.8 Å². The van der Waals surface area contributed by atoms with Gasteiger partial charge in [-0.3, -0.25) is 4.79 Å². The van der Waals surface area contributed by atoms with Crippen LogP contribution >= 0.6 is 0 Å². The Labute approximate surface area is 123 Å². The van der Waals surface area contributed by atoms with Crippen LogP contribution in [0.4, 0.5) is 0 Å². The topological polar surface area (TPSA) is 49.6 Å². The van der Waals surface area contributed by atoms with E-state index in [9.17, 15) is 4.79 Å². The fraction of sp³-hybridized carbons (Fsp3) is 0.938. The van der Waals surface area contributed by atoms with Crippen molar-refractivity contribution in [2.75, 3.05) is 33.2 Å². The average Bonchev–Trinajstić information content (AvgIpc) is 2.46. The van der Waals surface area contributed by atoms with Crippen molar-refractivity contribution in [2.45, 2.75) is 45.6 Å². The molecule has 20 heavy (non-hydrogen) atoms. The maximum atomic E-state index is 12.3. The molecule has 2 aliphatic heterocycles. The Morgan fingerprint density at radius 2 is 1.45 bits per heavy atom. The third kappa shape index (κ3) is 3.73. The van der Waals surface area contributed by atoms with Gasteiger partial charge in [0.1, 0.15) is 0 Å². The number of carbonyl (C=O) groups excluding carboxylic acids is 1. The highest BCUT2D eigenvalue weighted by molar-refractivity contribution is 5.82. The van der Waals surface area contributed by atoms with Gasteiger partial charge in [0.05, 0.1) is 6.04 Å². The van der Waals surface area contributed by atoms with Crippen molar-refractivity contribution < 1.29 is 4.79 Å². The van der Waals surface area contributed by atoms with Gasteiger partial charge in [-0.25, -0.2) is 0 Å². The van der Waals surface area contributed by atoms with Crippen molar-refractivity contribution in [3.05, 3.63) is 0 Å². The molecule has 2 heterocycles. The monoisotopic (exact) mass is 281 g/mol. The van der Waals surface area contributed by atoms with Gasteiger partial charge in [0, 0.05) is 13.1 Å². The van der Waals surface area contributed by atoms with E-state index in [4.69, 9.17) is 5.73 Å². The van der Waals surface area contributed by atoms with Crippen molar-refractivity contribution in [1.82, 2.24) is 9.80 Å².